The molecule has 4 nitrogen and oxygen atoms in total. The summed E-state index contributed by atoms with van der Waals surface area (Å²) in [6.45, 7) is 8.73. The van der Waals surface area contributed by atoms with Crippen molar-refractivity contribution in [1.29, 1.82) is 0 Å². The van der Waals surface area contributed by atoms with Gasteiger partial charge in [0.15, 0.2) is 0 Å². The van der Waals surface area contributed by atoms with Crippen molar-refractivity contribution in [3.8, 4) is 5.75 Å². The minimum absolute atomic E-state index is 0.220. The zero-order valence-corrected chi connectivity index (χ0v) is 12.0. The highest BCUT2D eigenvalue weighted by molar-refractivity contribution is 5.69. The third kappa shape index (κ3) is 5.20. The number of anilines is 1. The van der Waals surface area contributed by atoms with E-state index in [9.17, 15) is 4.79 Å². The Hall–Kier alpha value is -1.71. The van der Waals surface area contributed by atoms with Crippen LogP contribution in [0.2, 0.25) is 0 Å². The Bertz CT molecular complexity index is 389. The predicted octanol–water partition coefficient (Wildman–Crippen LogP) is 2.86. The van der Waals surface area contributed by atoms with Gasteiger partial charge in [-0.2, -0.15) is 0 Å². The third-order valence-electron chi connectivity index (χ3n) is 2.83. The van der Waals surface area contributed by atoms with Gasteiger partial charge in [-0.3, -0.25) is 4.79 Å². The van der Waals surface area contributed by atoms with Crippen LogP contribution < -0.4 is 9.64 Å². The van der Waals surface area contributed by atoms with Crippen LogP contribution in [0.4, 0.5) is 5.69 Å². The average Bonchev–Trinajstić information content (AvgIpc) is 2.41. The summed E-state index contributed by atoms with van der Waals surface area (Å²) in [6.07, 6.45) is 0.281. The van der Waals surface area contributed by atoms with Gasteiger partial charge in [0.1, 0.15) is 5.75 Å². The van der Waals surface area contributed by atoms with Gasteiger partial charge in [-0.25, -0.2) is 0 Å². The number of ether oxygens (including phenoxy) is 2. The molecule has 19 heavy (non-hydrogen) atoms. The zero-order valence-electron chi connectivity index (χ0n) is 12.0. The zero-order chi connectivity index (χ0) is 14.1. The quantitative estimate of drug-likeness (QED) is 0.677. The molecule has 0 saturated heterocycles. The molecule has 0 fully saturated rings. The van der Waals surface area contributed by atoms with Crippen molar-refractivity contribution >= 4 is 11.7 Å². The lowest BCUT2D eigenvalue weighted by Crippen LogP contribution is -2.21. The highest BCUT2D eigenvalue weighted by Gasteiger charge is 2.05. The van der Waals surface area contributed by atoms with Gasteiger partial charge < -0.3 is 14.4 Å². The first-order chi connectivity index (χ1) is 9.21. The Morgan fingerprint density at radius 3 is 2.58 bits per heavy atom. The maximum atomic E-state index is 11.2. The molecule has 0 aromatic heterocycles. The van der Waals surface area contributed by atoms with Gasteiger partial charge in [0.2, 0.25) is 0 Å². The molecule has 106 valence electrons. The second-order valence-electron chi connectivity index (χ2n) is 4.07. The van der Waals surface area contributed by atoms with Gasteiger partial charge in [-0.1, -0.05) is 6.07 Å². The summed E-state index contributed by atoms with van der Waals surface area (Å²) in [7, 11) is 0. The molecule has 0 heterocycles. The van der Waals surface area contributed by atoms with E-state index in [1.807, 2.05) is 18.2 Å². The Morgan fingerprint density at radius 1 is 1.21 bits per heavy atom. The lowest BCUT2D eigenvalue weighted by Gasteiger charge is -2.21. The number of esters is 1. The van der Waals surface area contributed by atoms with E-state index in [2.05, 4.69) is 24.8 Å². The van der Waals surface area contributed by atoms with Crippen molar-refractivity contribution in [2.75, 3.05) is 31.2 Å². The molecule has 0 spiro atoms. The SMILES string of the molecule is CCOC(=O)CCOc1cccc(N(CC)CC)c1. The molecule has 0 atom stereocenters. The largest absolute Gasteiger partial charge is 0.493 e. The molecule has 1 aromatic rings. The maximum absolute atomic E-state index is 11.2. The van der Waals surface area contributed by atoms with E-state index < -0.39 is 0 Å². The summed E-state index contributed by atoms with van der Waals surface area (Å²) < 4.78 is 10.4. The van der Waals surface area contributed by atoms with Crippen LogP contribution in [0, 0.1) is 0 Å². The van der Waals surface area contributed by atoms with Crippen LogP contribution in [-0.2, 0) is 9.53 Å². The van der Waals surface area contributed by atoms with Crippen molar-refractivity contribution < 1.29 is 14.3 Å². The van der Waals surface area contributed by atoms with Crippen molar-refractivity contribution in [2.24, 2.45) is 0 Å². The second kappa shape index (κ2) is 8.40. The number of rotatable bonds is 8. The number of nitrogens with zero attached hydrogens (tertiary/aromatic N) is 1. The standard InChI is InChI=1S/C15H23NO3/c1-4-16(5-2)13-8-7-9-14(12-13)19-11-10-15(17)18-6-3/h7-9,12H,4-6,10-11H2,1-3H3. The fraction of sp³-hybridized carbons (Fsp3) is 0.533. The number of hydrogen-bond acceptors (Lipinski definition) is 4. The van der Waals surface area contributed by atoms with Gasteiger partial charge in [0.25, 0.3) is 0 Å². The van der Waals surface area contributed by atoms with Crippen LogP contribution >= 0.6 is 0 Å². The monoisotopic (exact) mass is 265 g/mol. The van der Waals surface area contributed by atoms with Gasteiger partial charge in [-0.05, 0) is 32.9 Å². The van der Waals surface area contributed by atoms with Crippen LogP contribution in [0.25, 0.3) is 0 Å². The van der Waals surface area contributed by atoms with Crippen LogP contribution in [0.3, 0.4) is 0 Å². The Kier molecular flexibility index (Phi) is 6.79. The van der Waals surface area contributed by atoms with Crippen LogP contribution in [0.15, 0.2) is 24.3 Å². The first kappa shape index (κ1) is 15.3. The minimum atomic E-state index is -0.220. The van der Waals surface area contributed by atoms with E-state index in [1.54, 1.807) is 6.92 Å². The lowest BCUT2D eigenvalue weighted by molar-refractivity contribution is -0.143. The molecule has 0 amide bonds. The summed E-state index contributed by atoms with van der Waals surface area (Å²) >= 11 is 0. The summed E-state index contributed by atoms with van der Waals surface area (Å²) in [4.78, 5) is 13.4. The van der Waals surface area contributed by atoms with Crippen LogP contribution in [0.1, 0.15) is 27.2 Å². The van der Waals surface area contributed by atoms with Crippen molar-refractivity contribution in [1.82, 2.24) is 0 Å². The predicted molar refractivity (Wildman–Crippen MR) is 76.7 cm³/mol. The molecule has 0 N–H and O–H groups in total. The topological polar surface area (TPSA) is 38.8 Å². The molecule has 0 saturated carbocycles. The van der Waals surface area contributed by atoms with E-state index in [1.165, 1.54) is 0 Å². The smallest absolute Gasteiger partial charge is 0.309 e. The molecule has 4 heteroatoms. The summed E-state index contributed by atoms with van der Waals surface area (Å²) in [5.41, 5.74) is 1.14. The van der Waals surface area contributed by atoms with Crippen molar-refractivity contribution in [3.05, 3.63) is 24.3 Å². The summed E-state index contributed by atoms with van der Waals surface area (Å²) in [5.74, 6) is 0.566. The summed E-state index contributed by atoms with van der Waals surface area (Å²) in [6, 6.07) is 7.93. The normalized spacial score (nSPS) is 10.1. The molecule has 0 aliphatic rings. The molecule has 0 unspecified atom stereocenters. The van der Waals surface area contributed by atoms with Gasteiger partial charge in [0, 0.05) is 24.8 Å². The number of hydrogen-bond donors (Lipinski definition) is 0. The second-order valence-corrected chi connectivity index (χ2v) is 4.07. The van der Waals surface area contributed by atoms with Crippen LogP contribution in [-0.4, -0.2) is 32.3 Å². The average molecular weight is 265 g/mol. The lowest BCUT2D eigenvalue weighted by atomic mass is 10.2. The fourth-order valence-electron chi connectivity index (χ4n) is 1.84. The Morgan fingerprint density at radius 2 is 1.95 bits per heavy atom. The molecule has 0 radical (unpaired) electrons. The van der Waals surface area contributed by atoms with Crippen molar-refractivity contribution in [3.63, 3.8) is 0 Å². The van der Waals surface area contributed by atoms with Gasteiger partial charge >= 0.3 is 5.97 Å². The van der Waals surface area contributed by atoms with E-state index in [0.29, 0.717) is 13.2 Å². The van der Waals surface area contributed by atoms with Crippen LogP contribution in [0.5, 0.6) is 5.75 Å². The third-order valence-corrected chi connectivity index (χ3v) is 2.83. The Balaban J connectivity index is 2.50. The van der Waals surface area contributed by atoms with E-state index in [0.717, 1.165) is 24.5 Å². The summed E-state index contributed by atoms with van der Waals surface area (Å²) in [5, 5.41) is 0. The number of benzene rings is 1. The Labute approximate surface area is 115 Å². The minimum Gasteiger partial charge on any atom is -0.493 e. The fourth-order valence-corrected chi connectivity index (χ4v) is 1.84. The molecule has 0 bridgehead atoms. The molecular weight excluding hydrogens is 242 g/mol. The number of carbonyl (C=O) groups is 1. The molecule has 1 rings (SSSR count). The molecular formula is C15H23NO3. The first-order valence-electron chi connectivity index (χ1n) is 6.84. The van der Waals surface area contributed by atoms with Crippen molar-refractivity contribution in [2.45, 2.75) is 27.2 Å². The highest BCUT2D eigenvalue weighted by atomic mass is 16.5. The highest BCUT2D eigenvalue weighted by Crippen LogP contribution is 2.21. The van der Waals surface area contributed by atoms with E-state index >= 15 is 0 Å². The van der Waals surface area contributed by atoms with E-state index in [4.69, 9.17) is 9.47 Å². The molecule has 0 aliphatic heterocycles. The van der Waals surface area contributed by atoms with Gasteiger partial charge in [-0.15, -0.1) is 0 Å². The number of carbonyl (C=O) groups excluding carboxylic acids is 1. The first-order valence-corrected chi connectivity index (χ1v) is 6.84. The van der Waals surface area contributed by atoms with Gasteiger partial charge in [0.05, 0.1) is 19.6 Å². The molecule has 1 aromatic carbocycles. The molecule has 0 aliphatic carbocycles. The maximum Gasteiger partial charge on any atom is 0.309 e. The van der Waals surface area contributed by atoms with E-state index in [-0.39, 0.29) is 12.4 Å².